The van der Waals surface area contributed by atoms with Gasteiger partial charge in [-0.1, -0.05) is 61.0 Å². The molecule has 0 aliphatic rings. The summed E-state index contributed by atoms with van der Waals surface area (Å²) < 4.78 is 12.6. The monoisotopic (exact) mass is 232 g/mol. The molecule has 0 nitrogen and oxygen atoms in total. The van der Waals surface area contributed by atoms with E-state index in [4.69, 9.17) is 0 Å². The first-order valence-corrected chi connectivity index (χ1v) is 6.63. The molecular formula is C15H33F. The van der Waals surface area contributed by atoms with Crippen LogP contribution < -0.4 is 0 Å². The molecule has 0 bridgehead atoms. The zero-order chi connectivity index (χ0) is 13.7. The second kappa shape index (κ2) is 14.7. The summed E-state index contributed by atoms with van der Waals surface area (Å²) in [6.07, 6.45) is 2.23. The number of halogens is 1. The van der Waals surface area contributed by atoms with Gasteiger partial charge in [0, 0.05) is 0 Å². The highest BCUT2D eigenvalue weighted by atomic mass is 19.1. The zero-order valence-corrected chi connectivity index (χ0v) is 12.7. The lowest BCUT2D eigenvalue weighted by Crippen LogP contribution is -2.17. The maximum absolute atomic E-state index is 12.6. The van der Waals surface area contributed by atoms with E-state index in [-0.39, 0.29) is 5.92 Å². The number of hydrogen-bond donors (Lipinski definition) is 0. The Balaban J connectivity index is -0.000000205. The summed E-state index contributed by atoms with van der Waals surface area (Å²) in [5.74, 6) is 1.38. The minimum absolute atomic E-state index is 0.255. The highest BCUT2D eigenvalue weighted by Crippen LogP contribution is 2.20. The quantitative estimate of drug-likeness (QED) is 0.531. The fourth-order valence-electron chi connectivity index (χ4n) is 1.33. The third-order valence-corrected chi connectivity index (χ3v) is 2.39. The van der Waals surface area contributed by atoms with Crippen molar-refractivity contribution < 1.29 is 4.39 Å². The molecule has 0 aliphatic carbocycles. The number of hydrogen-bond acceptors (Lipinski definition) is 0. The molecule has 2 unspecified atom stereocenters. The predicted molar refractivity (Wildman–Crippen MR) is 75.6 cm³/mol. The Morgan fingerprint density at radius 3 is 1.38 bits per heavy atom. The van der Waals surface area contributed by atoms with Crippen molar-refractivity contribution in [1.82, 2.24) is 0 Å². The highest BCUT2D eigenvalue weighted by Gasteiger charge is 2.17. The van der Waals surface area contributed by atoms with Crippen molar-refractivity contribution in [1.29, 1.82) is 0 Å². The molecule has 0 saturated heterocycles. The van der Waals surface area contributed by atoms with Gasteiger partial charge in [-0.2, -0.15) is 0 Å². The zero-order valence-electron chi connectivity index (χ0n) is 12.7. The Morgan fingerprint density at radius 2 is 1.38 bits per heavy atom. The molecule has 0 amide bonds. The first-order valence-electron chi connectivity index (χ1n) is 6.63. The van der Waals surface area contributed by atoms with Crippen LogP contribution in [-0.2, 0) is 0 Å². The van der Waals surface area contributed by atoms with Gasteiger partial charge >= 0.3 is 0 Å². The predicted octanol–water partition coefficient (Wildman–Crippen LogP) is 5.88. The lowest BCUT2D eigenvalue weighted by molar-refractivity contribution is 0.192. The standard InChI is InChI=1S/C8H17F.C5H10.C2H6/c1-5-8(6(2)3)7(4)9;1-4-5(2)3;1-2/h6-8H,5H2,1-4H3;4-5H,1H2,2-3H3;1-2H3. The van der Waals surface area contributed by atoms with Gasteiger partial charge in [0.15, 0.2) is 0 Å². The van der Waals surface area contributed by atoms with Crippen molar-refractivity contribution in [3.05, 3.63) is 12.7 Å². The van der Waals surface area contributed by atoms with Gasteiger partial charge in [0.05, 0.1) is 0 Å². The van der Waals surface area contributed by atoms with Crippen LogP contribution in [0, 0.1) is 17.8 Å². The molecule has 16 heavy (non-hydrogen) atoms. The van der Waals surface area contributed by atoms with E-state index in [2.05, 4.69) is 34.3 Å². The van der Waals surface area contributed by atoms with Gasteiger partial charge in [-0.25, -0.2) is 4.39 Å². The van der Waals surface area contributed by atoms with Gasteiger partial charge in [-0.3, -0.25) is 0 Å². The van der Waals surface area contributed by atoms with Gasteiger partial charge in [-0.05, 0) is 24.7 Å². The molecule has 0 aromatic heterocycles. The van der Waals surface area contributed by atoms with Crippen LogP contribution in [0.2, 0.25) is 0 Å². The summed E-state index contributed by atoms with van der Waals surface area (Å²) in [4.78, 5) is 0. The van der Waals surface area contributed by atoms with Crippen molar-refractivity contribution in [2.24, 2.45) is 17.8 Å². The fourth-order valence-corrected chi connectivity index (χ4v) is 1.33. The van der Waals surface area contributed by atoms with E-state index >= 15 is 0 Å². The summed E-state index contributed by atoms with van der Waals surface area (Å²) >= 11 is 0. The van der Waals surface area contributed by atoms with Crippen LogP contribution >= 0.6 is 0 Å². The van der Waals surface area contributed by atoms with Gasteiger partial charge < -0.3 is 0 Å². The summed E-state index contributed by atoms with van der Waals surface area (Å²) in [7, 11) is 0. The van der Waals surface area contributed by atoms with E-state index in [9.17, 15) is 4.39 Å². The van der Waals surface area contributed by atoms with Crippen LogP contribution in [-0.4, -0.2) is 6.17 Å². The molecule has 0 radical (unpaired) electrons. The molecule has 0 heterocycles. The van der Waals surface area contributed by atoms with Crippen LogP contribution in [0.15, 0.2) is 12.7 Å². The summed E-state index contributed by atoms with van der Waals surface area (Å²) in [5, 5.41) is 0. The topological polar surface area (TPSA) is 0 Å². The maximum Gasteiger partial charge on any atom is 0.100 e. The normalized spacial score (nSPS) is 13.2. The van der Waals surface area contributed by atoms with E-state index in [0.717, 1.165) is 6.42 Å². The molecule has 2 atom stereocenters. The van der Waals surface area contributed by atoms with E-state index < -0.39 is 6.17 Å². The first kappa shape index (κ1) is 21.0. The molecule has 0 fully saturated rings. The number of alkyl halides is 1. The summed E-state index contributed by atoms with van der Waals surface area (Å²) in [6.45, 7) is 19.6. The SMILES string of the molecule is C=CC(C)C.CC.CCC(C(C)C)C(C)F. The smallest absolute Gasteiger partial charge is 0.100 e. The second-order valence-corrected chi connectivity index (χ2v) is 4.47. The van der Waals surface area contributed by atoms with Crippen molar-refractivity contribution in [2.75, 3.05) is 0 Å². The van der Waals surface area contributed by atoms with E-state index in [0.29, 0.717) is 11.8 Å². The Labute approximate surface area is 103 Å². The number of allylic oxidation sites excluding steroid dienone is 1. The summed E-state index contributed by atoms with van der Waals surface area (Å²) in [6, 6.07) is 0. The molecule has 0 aromatic rings. The van der Waals surface area contributed by atoms with Gasteiger partial charge in [0.25, 0.3) is 0 Å². The Bertz CT molecular complexity index is 117. The second-order valence-electron chi connectivity index (χ2n) is 4.47. The van der Waals surface area contributed by atoms with E-state index in [1.54, 1.807) is 6.92 Å². The first-order chi connectivity index (χ1) is 7.36. The van der Waals surface area contributed by atoms with Crippen molar-refractivity contribution in [2.45, 2.75) is 68.0 Å². The third-order valence-electron chi connectivity index (χ3n) is 2.39. The van der Waals surface area contributed by atoms with Gasteiger partial charge in [0.1, 0.15) is 6.17 Å². The molecule has 0 saturated carbocycles. The maximum atomic E-state index is 12.6. The Morgan fingerprint density at radius 1 is 1.06 bits per heavy atom. The molecule has 0 N–H and O–H groups in total. The minimum atomic E-state index is -0.644. The molecule has 0 aromatic carbocycles. The largest absolute Gasteiger partial charge is 0.247 e. The number of rotatable bonds is 4. The Hall–Kier alpha value is -0.330. The van der Waals surface area contributed by atoms with Crippen LogP contribution in [0.3, 0.4) is 0 Å². The minimum Gasteiger partial charge on any atom is -0.247 e. The van der Waals surface area contributed by atoms with Gasteiger partial charge in [0.2, 0.25) is 0 Å². The van der Waals surface area contributed by atoms with Gasteiger partial charge in [-0.15, -0.1) is 6.58 Å². The van der Waals surface area contributed by atoms with E-state index in [1.807, 2.05) is 26.8 Å². The molecule has 0 rings (SSSR count). The average molecular weight is 232 g/mol. The fraction of sp³-hybridized carbons (Fsp3) is 0.867. The van der Waals surface area contributed by atoms with E-state index in [1.165, 1.54) is 0 Å². The lowest BCUT2D eigenvalue weighted by atomic mass is 9.90. The molecule has 1 heteroatoms. The summed E-state index contributed by atoms with van der Waals surface area (Å²) in [5.41, 5.74) is 0. The molecule has 0 spiro atoms. The Kier molecular flexibility index (Phi) is 19.3. The van der Waals surface area contributed by atoms with Crippen LogP contribution in [0.4, 0.5) is 4.39 Å². The van der Waals surface area contributed by atoms with Crippen molar-refractivity contribution in [3.8, 4) is 0 Å². The van der Waals surface area contributed by atoms with Crippen molar-refractivity contribution in [3.63, 3.8) is 0 Å². The highest BCUT2D eigenvalue weighted by molar-refractivity contribution is 4.69. The lowest BCUT2D eigenvalue weighted by Gasteiger charge is -2.19. The van der Waals surface area contributed by atoms with Crippen LogP contribution in [0.5, 0.6) is 0 Å². The molecule has 100 valence electrons. The van der Waals surface area contributed by atoms with Crippen LogP contribution in [0.1, 0.15) is 61.8 Å². The third kappa shape index (κ3) is 16.1. The average Bonchev–Trinajstić information content (AvgIpc) is 2.21. The molecular weight excluding hydrogens is 199 g/mol. The molecule has 0 aliphatic heterocycles. The van der Waals surface area contributed by atoms with Crippen molar-refractivity contribution >= 4 is 0 Å². The van der Waals surface area contributed by atoms with Crippen LogP contribution in [0.25, 0.3) is 0 Å².